The molecule has 0 heterocycles. The molecule has 2 aromatic carbocycles. The van der Waals surface area contributed by atoms with Gasteiger partial charge in [0.2, 0.25) is 0 Å². The van der Waals surface area contributed by atoms with Crippen LogP contribution in [0.15, 0.2) is 42.5 Å². The van der Waals surface area contributed by atoms with Crippen molar-refractivity contribution >= 4 is 5.78 Å². The zero-order valence-corrected chi connectivity index (χ0v) is 11.5. The fourth-order valence-electron chi connectivity index (χ4n) is 1.93. The number of nitrogens with zero attached hydrogens (tertiary/aromatic N) is 1. The van der Waals surface area contributed by atoms with Gasteiger partial charge in [-0.1, -0.05) is 30.3 Å². The number of benzene rings is 2. The Bertz CT molecular complexity index is 684. The number of ketones is 1. The van der Waals surface area contributed by atoms with Crippen LogP contribution in [0.4, 0.5) is 0 Å². The molecule has 0 saturated carbocycles. The van der Waals surface area contributed by atoms with Gasteiger partial charge in [-0.25, -0.2) is 0 Å². The van der Waals surface area contributed by atoms with Crippen molar-refractivity contribution in [3.8, 4) is 11.8 Å². The first-order chi connectivity index (χ1) is 9.61. The van der Waals surface area contributed by atoms with E-state index >= 15 is 0 Å². The zero-order chi connectivity index (χ0) is 14.5. The van der Waals surface area contributed by atoms with Crippen LogP contribution in [0.3, 0.4) is 0 Å². The van der Waals surface area contributed by atoms with E-state index in [2.05, 4.69) is 6.07 Å². The minimum Gasteiger partial charge on any atom is -0.485 e. The molecule has 0 amide bonds. The van der Waals surface area contributed by atoms with Crippen molar-refractivity contribution in [2.75, 3.05) is 6.61 Å². The van der Waals surface area contributed by atoms with Gasteiger partial charge in [-0.3, -0.25) is 4.79 Å². The predicted octanol–water partition coefficient (Wildman–Crippen LogP) is 3.44. The van der Waals surface area contributed by atoms with Crippen LogP contribution in [-0.2, 0) is 0 Å². The summed E-state index contributed by atoms with van der Waals surface area (Å²) in [4.78, 5) is 12.1. The van der Waals surface area contributed by atoms with Gasteiger partial charge in [-0.05, 0) is 37.1 Å². The Morgan fingerprint density at radius 3 is 2.60 bits per heavy atom. The average molecular weight is 265 g/mol. The molecule has 0 aromatic heterocycles. The van der Waals surface area contributed by atoms with Crippen molar-refractivity contribution in [1.29, 1.82) is 5.26 Å². The summed E-state index contributed by atoms with van der Waals surface area (Å²) in [6.07, 6.45) is 0. The second-order valence-corrected chi connectivity index (χ2v) is 4.62. The highest BCUT2D eigenvalue weighted by atomic mass is 16.5. The number of Topliss-reactive ketones (excluding diaryl/α,β-unsaturated/α-hetero) is 1. The van der Waals surface area contributed by atoms with Crippen molar-refractivity contribution in [2.45, 2.75) is 13.8 Å². The highest BCUT2D eigenvalue weighted by Crippen LogP contribution is 2.19. The van der Waals surface area contributed by atoms with Gasteiger partial charge in [0.25, 0.3) is 0 Å². The number of carbonyl (C=O) groups excluding carboxylic acids is 1. The molecule has 2 aromatic rings. The zero-order valence-electron chi connectivity index (χ0n) is 11.5. The summed E-state index contributed by atoms with van der Waals surface area (Å²) < 4.78 is 5.55. The van der Waals surface area contributed by atoms with Gasteiger partial charge >= 0.3 is 0 Å². The quantitative estimate of drug-likeness (QED) is 0.796. The summed E-state index contributed by atoms with van der Waals surface area (Å²) in [5.41, 5.74) is 3.03. The van der Waals surface area contributed by atoms with Gasteiger partial charge in [0.15, 0.2) is 12.4 Å². The minimum absolute atomic E-state index is 0.0272. The average Bonchev–Trinajstić information content (AvgIpc) is 2.46. The van der Waals surface area contributed by atoms with Crippen LogP contribution in [-0.4, -0.2) is 12.4 Å². The van der Waals surface area contributed by atoms with Crippen molar-refractivity contribution in [1.82, 2.24) is 0 Å². The second kappa shape index (κ2) is 6.03. The Morgan fingerprint density at radius 2 is 1.90 bits per heavy atom. The molecular formula is C17H15NO2. The molecule has 0 radical (unpaired) electrons. The second-order valence-electron chi connectivity index (χ2n) is 4.62. The third kappa shape index (κ3) is 3.04. The SMILES string of the molecule is Cc1ccc(C#N)cc1OCC(=O)c1ccccc1C. The number of nitriles is 1. The maximum atomic E-state index is 12.1. The first kappa shape index (κ1) is 13.8. The van der Waals surface area contributed by atoms with Crippen LogP contribution in [0.2, 0.25) is 0 Å². The molecule has 0 N–H and O–H groups in total. The Kier molecular flexibility index (Phi) is 4.17. The summed E-state index contributed by atoms with van der Waals surface area (Å²) >= 11 is 0. The number of ether oxygens (including phenoxy) is 1. The van der Waals surface area contributed by atoms with E-state index in [0.717, 1.165) is 11.1 Å². The molecule has 3 nitrogen and oxygen atoms in total. The lowest BCUT2D eigenvalue weighted by Crippen LogP contribution is -2.13. The smallest absolute Gasteiger partial charge is 0.200 e. The lowest BCUT2D eigenvalue weighted by Gasteiger charge is -2.09. The van der Waals surface area contributed by atoms with Gasteiger partial charge in [-0.2, -0.15) is 5.26 Å². The highest BCUT2D eigenvalue weighted by Gasteiger charge is 2.10. The predicted molar refractivity (Wildman–Crippen MR) is 76.9 cm³/mol. The summed E-state index contributed by atoms with van der Waals surface area (Å²) in [6.45, 7) is 3.75. The van der Waals surface area contributed by atoms with Crippen LogP contribution in [0.5, 0.6) is 5.75 Å². The molecule has 3 heteroatoms. The molecule has 0 unspecified atom stereocenters. The third-order valence-corrected chi connectivity index (χ3v) is 3.12. The van der Waals surface area contributed by atoms with Gasteiger partial charge in [0.1, 0.15) is 5.75 Å². The van der Waals surface area contributed by atoms with Gasteiger partial charge < -0.3 is 4.74 Å². The Balaban J connectivity index is 2.12. The topological polar surface area (TPSA) is 50.1 Å². The Hall–Kier alpha value is -2.60. The van der Waals surface area contributed by atoms with E-state index in [1.54, 1.807) is 18.2 Å². The summed E-state index contributed by atoms with van der Waals surface area (Å²) in [6, 6.07) is 14.7. The molecule has 0 saturated heterocycles. The molecule has 100 valence electrons. The van der Waals surface area contributed by atoms with Crippen molar-refractivity contribution in [2.24, 2.45) is 0 Å². The van der Waals surface area contributed by atoms with E-state index < -0.39 is 0 Å². The molecule has 0 atom stereocenters. The number of hydrogen-bond donors (Lipinski definition) is 0. The molecule has 0 spiro atoms. The molecule has 0 fully saturated rings. The van der Waals surface area contributed by atoms with Crippen LogP contribution < -0.4 is 4.74 Å². The maximum absolute atomic E-state index is 12.1. The van der Waals surface area contributed by atoms with Crippen molar-refractivity contribution in [3.05, 3.63) is 64.7 Å². The first-order valence-electron chi connectivity index (χ1n) is 6.34. The molecular weight excluding hydrogens is 250 g/mol. The van der Waals surface area contributed by atoms with E-state index in [1.165, 1.54) is 0 Å². The van der Waals surface area contributed by atoms with Gasteiger partial charge in [0.05, 0.1) is 11.6 Å². The highest BCUT2D eigenvalue weighted by molar-refractivity contribution is 5.98. The van der Waals surface area contributed by atoms with E-state index in [4.69, 9.17) is 10.00 Å². The molecule has 0 bridgehead atoms. The fraction of sp³-hybridized carbons (Fsp3) is 0.176. The van der Waals surface area contributed by atoms with E-state index in [-0.39, 0.29) is 12.4 Å². The normalized spacial score (nSPS) is 9.85. The Morgan fingerprint density at radius 1 is 1.15 bits per heavy atom. The number of aryl methyl sites for hydroxylation is 2. The molecule has 0 aliphatic heterocycles. The number of rotatable bonds is 4. The lowest BCUT2D eigenvalue weighted by atomic mass is 10.1. The minimum atomic E-state index is -0.0649. The van der Waals surface area contributed by atoms with Crippen LogP contribution >= 0.6 is 0 Å². The van der Waals surface area contributed by atoms with E-state index in [9.17, 15) is 4.79 Å². The summed E-state index contributed by atoms with van der Waals surface area (Å²) in [5, 5.41) is 8.87. The summed E-state index contributed by atoms with van der Waals surface area (Å²) in [7, 11) is 0. The molecule has 20 heavy (non-hydrogen) atoms. The Labute approximate surface area is 118 Å². The summed E-state index contributed by atoms with van der Waals surface area (Å²) in [5.74, 6) is 0.510. The standard InChI is InChI=1S/C17H15NO2/c1-12-5-3-4-6-15(12)16(19)11-20-17-9-14(10-18)8-7-13(17)2/h3-9H,11H2,1-2H3. The van der Waals surface area contributed by atoms with Crippen LogP contribution in [0, 0.1) is 25.2 Å². The van der Waals surface area contributed by atoms with Gasteiger partial charge in [0, 0.05) is 5.56 Å². The molecule has 0 aliphatic carbocycles. The molecule has 0 aliphatic rings. The maximum Gasteiger partial charge on any atom is 0.200 e. The van der Waals surface area contributed by atoms with E-state index in [1.807, 2.05) is 38.1 Å². The molecule has 2 rings (SSSR count). The van der Waals surface area contributed by atoms with E-state index in [0.29, 0.717) is 16.9 Å². The first-order valence-corrected chi connectivity index (χ1v) is 6.34. The number of carbonyl (C=O) groups is 1. The lowest BCUT2D eigenvalue weighted by molar-refractivity contribution is 0.0920. The van der Waals surface area contributed by atoms with Crippen molar-refractivity contribution in [3.63, 3.8) is 0 Å². The van der Waals surface area contributed by atoms with Crippen molar-refractivity contribution < 1.29 is 9.53 Å². The monoisotopic (exact) mass is 265 g/mol. The third-order valence-electron chi connectivity index (χ3n) is 3.12. The number of hydrogen-bond acceptors (Lipinski definition) is 3. The van der Waals surface area contributed by atoms with Crippen LogP contribution in [0.1, 0.15) is 27.0 Å². The van der Waals surface area contributed by atoms with Gasteiger partial charge in [-0.15, -0.1) is 0 Å². The largest absolute Gasteiger partial charge is 0.485 e. The fourth-order valence-corrected chi connectivity index (χ4v) is 1.93. The van der Waals surface area contributed by atoms with Crippen LogP contribution in [0.25, 0.3) is 0 Å².